The number of H-pyrrole nitrogens is 2. The lowest BCUT2D eigenvalue weighted by Gasteiger charge is -2.25. The maximum Gasteiger partial charge on any atom is 0.509 e. The topological polar surface area (TPSA) is 84.2 Å². The Bertz CT molecular complexity index is 1950. The number of benzene rings is 4. The minimum atomic E-state index is -0.863. The van der Waals surface area contributed by atoms with E-state index in [4.69, 9.17) is 9.47 Å². The molecule has 44 heavy (non-hydrogen) atoms. The Morgan fingerprint density at radius 3 is 1.68 bits per heavy atom. The van der Waals surface area contributed by atoms with Gasteiger partial charge in [-0.2, -0.15) is 0 Å². The smallest absolute Gasteiger partial charge is 0.429 e. The molecule has 0 fully saturated rings. The van der Waals surface area contributed by atoms with Crippen LogP contribution in [0.5, 0.6) is 0 Å². The molecule has 6 heteroatoms. The van der Waals surface area contributed by atoms with Crippen LogP contribution in [0.3, 0.4) is 0 Å². The van der Waals surface area contributed by atoms with Crippen molar-refractivity contribution in [3.8, 4) is 11.4 Å². The van der Waals surface area contributed by atoms with Gasteiger partial charge in [-0.05, 0) is 56.5 Å². The number of Topliss-reactive ketones (excluding diaryl/α,β-unsaturated/α-hetero) is 1. The summed E-state index contributed by atoms with van der Waals surface area (Å²) >= 11 is 0. The summed E-state index contributed by atoms with van der Waals surface area (Å²) in [7, 11) is 0. The number of para-hydroxylation sites is 2. The van der Waals surface area contributed by atoms with Crippen molar-refractivity contribution in [1.29, 1.82) is 0 Å². The first-order chi connectivity index (χ1) is 21.1. The largest absolute Gasteiger partial charge is 0.509 e. The number of carbonyl (C=O) groups excluding carboxylic acids is 2. The van der Waals surface area contributed by atoms with Crippen LogP contribution in [0, 0.1) is 0 Å². The predicted molar refractivity (Wildman–Crippen MR) is 175 cm³/mol. The number of carbonyl (C=O) groups is 2. The lowest BCUT2D eigenvalue weighted by atomic mass is 9.78. The molecule has 0 aliphatic rings. The van der Waals surface area contributed by atoms with Crippen LogP contribution in [0.1, 0.15) is 49.9 Å². The Kier molecular flexibility index (Phi) is 7.60. The third kappa shape index (κ3) is 5.51. The molecule has 4 aromatic carbocycles. The van der Waals surface area contributed by atoms with E-state index in [-0.39, 0.29) is 18.8 Å². The Morgan fingerprint density at radius 1 is 0.614 bits per heavy atom. The lowest BCUT2D eigenvalue weighted by Crippen LogP contribution is -2.30. The highest BCUT2D eigenvalue weighted by Gasteiger charge is 2.32. The minimum Gasteiger partial charge on any atom is -0.429 e. The van der Waals surface area contributed by atoms with Crippen molar-refractivity contribution in [2.75, 3.05) is 0 Å². The molecule has 0 spiro atoms. The molecule has 2 aromatic heterocycles. The molecule has 0 unspecified atom stereocenters. The summed E-state index contributed by atoms with van der Waals surface area (Å²) in [5.41, 5.74) is 5.41. The lowest BCUT2D eigenvalue weighted by molar-refractivity contribution is -0.122. The van der Waals surface area contributed by atoms with Crippen molar-refractivity contribution in [2.24, 2.45) is 0 Å². The number of nitrogens with one attached hydrogen (secondary N) is 2. The van der Waals surface area contributed by atoms with Gasteiger partial charge >= 0.3 is 6.16 Å². The van der Waals surface area contributed by atoms with Crippen LogP contribution in [0.25, 0.3) is 33.2 Å². The molecule has 0 radical (unpaired) electrons. The molecule has 0 aliphatic heterocycles. The molecule has 0 saturated heterocycles. The van der Waals surface area contributed by atoms with Gasteiger partial charge in [-0.15, -0.1) is 0 Å². The first-order valence-corrected chi connectivity index (χ1v) is 14.8. The molecule has 2 N–H and O–H groups in total. The number of fused-ring (bicyclic) bond motifs is 2. The summed E-state index contributed by atoms with van der Waals surface area (Å²) in [6.45, 7) is 7.62. The average molecular weight is 585 g/mol. The van der Waals surface area contributed by atoms with Crippen molar-refractivity contribution >= 4 is 33.7 Å². The van der Waals surface area contributed by atoms with E-state index >= 15 is 0 Å². The summed E-state index contributed by atoms with van der Waals surface area (Å²) in [5, 5.41) is 1.91. The second-order valence-electron chi connectivity index (χ2n) is 12.2. The number of hydrogen-bond acceptors (Lipinski definition) is 4. The Labute approximate surface area is 257 Å². The SMILES string of the molecule is CC(C)(OC(=O)OCc1c(-c2[nH]c3ccccc3c2CC(=O)C(C)(C)c2ccccc2)[nH]c2ccccc12)c1ccccc1. The van der Waals surface area contributed by atoms with Crippen LogP contribution >= 0.6 is 0 Å². The third-order valence-corrected chi connectivity index (χ3v) is 8.55. The fourth-order valence-corrected chi connectivity index (χ4v) is 5.83. The number of aromatic amines is 2. The van der Waals surface area contributed by atoms with Gasteiger partial charge in [-0.25, -0.2) is 4.79 Å². The van der Waals surface area contributed by atoms with Crippen molar-refractivity contribution in [1.82, 2.24) is 9.97 Å². The van der Waals surface area contributed by atoms with Crippen LogP contribution in [0.15, 0.2) is 109 Å². The highest BCUT2D eigenvalue weighted by molar-refractivity contribution is 6.00. The summed E-state index contributed by atoms with van der Waals surface area (Å²) in [5.74, 6) is 0.107. The number of aromatic nitrogens is 2. The van der Waals surface area contributed by atoms with Gasteiger partial charge in [0.25, 0.3) is 0 Å². The molecule has 6 nitrogen and oxygen atoms in total. The minimum absolute atomic E-state index is 0.0126. The molecular weight excluding hydrogens is 548 g/mol. The second kappa shape index (κ2) is 11.5. The van der Waals surface area contributed by atoms with Crippen LogP contribution in [-0.4, -0.2) is 21.9 Å². The molecule has 0 amide bonds. The maximum absolute atomic E-state index is 14.0. The average Bonchev–Trinajstić information content (AvgIpc) is 3.58. The fraction of sp³-hybridized carbons (Fsp3) is 0.211. The molecule has 2 heterocycles. The molecular formula is C38H36N2O4. The van der Waals surface area contributed by atoms with E-state index in [1.54, 1.807) is 0 Å². The van der Waals surface area contributed by atoms with E-state index in [2.05, 4.69) is 9.97 Å². The number of rotatable bonds is 9. The number of hydrogen-bond donors (Lipinski definition) is 2. The normalized spacial score (nSPS) is 12.0. The third-order valence-electron chi connectivity index (χ3n) is 8.55. The van der Waals surface area contributed by atoms with Gasteiger partial charge in [0.1, 0.15) is 18.0 Å². The van der Waals surface area contributed by atoms with E-state index < -0.39 is 17.2 Å². The van der Waals surface area contributed by atoms with E-state index in [0.717, 1.165) is 55.4 Å². The van der Waals surface area contributed by atoms with Gasteiger partial charge < -0.3 is 19.4 Å². The van der Waals surface area contributed by atoms with E-state index in [0.29, 0.717) is 0 Å². The summed E-state index contributed by atoms with van der Waals surface area (Å²) in [4.78, 5) is 34.1. The van der Waals surface area contributed by atoms with E-state index in [9.17, 15) is 9.59 Å². The Balaban J connectivity index is 1.36. The number of ether oxygens (including phenoxy) is 2. The Morgan fingerprint density at radius 2 is 1.09 bits per heavy atom. The van der Waals surface area contributed by atoms with E-state index in [1.807, 2.05) is 137 Å². The van der Waals surface area contributed by atoms with Gasteiger partial charge in [-0.3, -0.25) is 4.79 Å². The molecule has 0 saturated carbocycles. The quantitative estimate of drug-likeness (QED) is 0.166. The first-order valence-electron chi connectivity index (χ1n) is 14.8. The van der Waals surface area contributed by atoms with Crippen molar-refractivity contribution in [3.05, 3.63) is 131 Å². The molecule has 6 aromatic rings. The monoisotopic (exact) mass is 584 g/mol. The van der Waals surface area contributed by atoms with Crippen molar-refractivity contribution in [3.63, 3.8) is 0 Å². The highest BCUT2D eigenvalue weighted by atomic mass is 16.7. The first kappa shape index (κ1) is 29.0. The summed E-state index contributed by atoms with van der Waals surface area (Å²) in [6.07, 6.45) is -0.531. The van der Waals surface area contributed by atoms with Crippen LogP contribution in [0.2, 0.25) is 0 Å². The van der Waals surface area contributed by atoms with Gasteiger partial charge in [0.2, 0.25) is 0 Å². The molecule has 0 aliphatic carbocycles. The predicted octanol–water partition coefficient (Wildman–Crippen LogP) is 8.99. The maximum atomic E-state index is 14.0. The molecule has 0 atom stereocenters. The zero-order valence-corrected chi connectivity index (χ0v) is 25.4. The van der Waals surface area contributed by atoms with Crippen molar-refractivity contribution in [2.45, 2.75) is 51.7 Å². The standard InChI is InChI=1S/C38H36N2O4/c1-37(2,25-15-7-5-8-16-25)33(41)23-29-27-19-11-13-21-31(27)39-34(29)35-30(28-20-12-14-22-32(28)40-35)24-43-36(42)44-38(3,4)26-17-9-6-10-18-26/h5-22,39-40H,23-24H2,1-4H3. The molecule has 6 rings (SSSR count). The number of ketones is 1. The van der Waals surface area contributed by atoms with E-state index in [1.165, 1.54) is 0 Å². The molecule has 0 bridgehead atoms. The summed E-state index contributed by atoms with van der Waals surface area (Å²) < 4.78 is 11.5. The van der Waals surface area contributed by atoms with Crippen molar-refractivity contribution < 1.29 is 19.1 Å². The molecule has 222 valence electrons. The Hall–Kier alpha value is -5.10. The van der Waals surface area contributed by atoms with Crippen LogP contribution in [-0.2, 0) is 38.3 Å². The van der Waals surface area contributed by atoms with Gasteiger partial charge in [-0.1, -0.05) is 97.1 Å². The summed E-state index contributed by atoms with van der Waals surface area (Å²) in [6, 6.07) is 35.4. The zero-order valence-electron chi connectivity index (χ0n) is 25.4. The zero-order chi connectivity index (χ0) is 30.9. The van der Waals surface area contributed by atoms with Crippen LogP contribution < -0.4 is 0 Å². The van der Waals surface area contributed by atoms with Gasteiger partial charge in [0.05, 0.1) is 11.4 Å². The highest BCUT2D eigenvalue weighted by Crippen LogP contribution is 2.38. The second-order valence-corrected chi connectivity index (χ2v) is 12.2. The van der Waals surface area contributed by atoms with Gasteiger partial charge in [0, 0.05) is 39.2 Å². The van der Waals surface area contributed by atoms with Crippen LogP contribution in [0.4, 0.5) is 4.79 Å². The van der Waals surface area contributed by atoms with Gasteiger partial charge in [0.15, 0.2) is 0 Å². The fourth-order valence-electron chi connectivity index (χ4n) is 5.83.